The van der Waals surface area contributed by atoms with Gasteiger partial charge in [-0.05, 0) is 43.9 Å². The Morgan fingerprint density at radius 3 is 2.60 bits per heavy atom. The molecule has 2 heterocycles. The summed E-state index contributed by atoms with van der Waals surface area (Å²) in [5.74, 6) is 0.938. The monoisotopic (exact) mass is 436 g/mol. The fraction of sp³-hybridized carbons (Fsp3) is 0.476. The van der Waals surface area contributed by atoms with Crippen LogP contribution in [0.15, 0.2) is 33.6 Å². The van der Waals surface area contributed by atoms with E-state index in [1.54, 1.807) is 26.2 Å². The minimum Gasteiger partial charge on any atom is -0.493 e. The second kappa shape index (κ2) is 9.53. The molecule has 164 valence electrons. The van der Waals surface area contributed by atoms with Gasteiger partial charge in [-0.3, -0.25) is 4.79 Å². The summed E-state index contributed by atoms with van der Waals surface area (Å²) in [6.45, 7) is 5.39. The van der Waals surface area contributed by atoms with Crippen molar-refractivity contribution in [1.82, 2.24) is 9.62 Å². The Hall–Kier alpha value is -2.52. The Morgan fingerprint density at radius 2 is 1.93 bits per heavy atom. The quantitative estimate of drug-likeness (QED) is 0.649. The molecule has 0 saturated carbocycles. The van der Waals surface area contributed by atoms with Gasteiger partial charge in [0.25, 0.3) is 5.91 Å². The number of carbonyl (C=O) groups excluding carboxylic acids is 1. The van der Waals surface area contributed by atoms with Gasteiger partial charge in [0.05, 0.1) is 13.7 Å². The molecule has 0 unspecified atom stereocenters. The molecule has 1 fully saturated rings. The number of benzene rings is 1. The molecule has 1 aromatic carbocycles. The van der Waals surface area contributed by atoms with Crippen LogP contribution in [0.25, 0.3) is 0 Å². The first-order valence-corrected chi connectivity index (χ1v) is 11.5. The van der Waals surface area contributed by atoms with E-state index < -0.39 is 15.9 Å². The van der Waals surface area contributed by atoms with Crippen LogP contribution in [0.5, 0.6) is 11.5 Å². The second-order valence-corrected chi connectivity index (χ2v) is 9.06. The van der Waals surface area contributed by atoms with Crippen LogP contribution in [0.2, 0.25) is 0 Å². The van der Waals surface area contributed by atoms with Crippen molar-refractivity contribution in [3.8, 4) is 11.5 Å². The standard InChI is InChI=1S/C21H28N2O6S/c1-4-11-28-17-8-7-16(12-18(17)27-3)14-22-21(24)19-13-20(15(2)29-19)30(25,26)23-9-5-6-10-23/h7-8,12-13H,4-6,9-11,14H2,1-3H3,(H,22,24). The number of aryl methyl sites for hydroxylation is 1. The maximum atomic E-state index is 12.8. The van der Waals surface area contributed by atoms with Crippen LogP contribution in [-0.2, 0) is 16.6 Å². The van der Waals surface area contributed by atoms with Gasteiger partial charge >= 0.3 is 0 Å². The molecule has 0 bridgehead atoms. The van der Waals surface area contributed by atoms with E-state index >= 15 is 0 Å². The average Bonchev–Trinajstić information content (AvgIpc) is 3.41. The molecule has 1 N–H and O–H groups in total. The van der Waals surface area contributed by atoms with Crippen LogP contribution in [0.3, 0.4) is 0 Å². The van der Waals surface area contributed by atoms with Gasteiger partial charge in [-0.1, -0.05) is 13.0 Å². The van der Waals surface area contributed by atoms with E-state index in [0.29, 0.717) is 31.2 Å². The third kappa shape index (κ3) is 4.79. The molecule has 2 aromatic rings. The van der Waals surface area contributed by atoms with Crippen LogP contribution >= 0.6 is 0 Å². The summed E-state index contributed by atoms with van der Waals surface area (Å²) in [6, 6.07) is 6.74. The van der Waals surface area contributed by atoms with Crippen molar-refractivity contribution in [2.45, 2.75) is 44.6 Å². The lowest BCUT2D eigenvalue weighted by molar-refractivity contribution is 0.0922. The van der Waals surface area contributed by atoms with Crippen LogP contribution in [-0.4, -0.2) is 45.4 Å². The number of hydrogen-bond donors (Lipinski definition) is 1. The van der Waals surface area contributed by atoms with Crippen LogP contribution in [0.4, 0.5) is 0 Å². The lowest BCUT2D eigenvalue weighted by Crippen LogP contribution is -2.28. The lowest BCUT2D eigenvalue weighted by Gasteiger charge is -2.14. The SMILES string of the molecule is CCCOc1ccc(CNC(=O)c2cc(S(=O)(=O)N3CCCC3)c(C)o2)cc1OC. The van der Waals surface area contributed by atoms with Gasteiger partial charge in [-0.2, -0.15) is 4.31 Å². The second-order valence-electron chi connectivity index (χ2n) is 7.16. The topological polar surface area (TPSA) is 98.1 Å². The summed E-state index contributed by atoms with van der Waals surface area (Å²) >= 11 is 0. The fourth-order valence-corrected chi connectivity index (χ4v) is 5.00. The van der Waals surface area contributed by atoms with Gasteiger partial charge in [0, 0.05) is 25.7 Å². The molecule has 1 aromatic heterocycles. The number of amides is 1. The number of sulfonamides is 1. The van der Waals surface area contributed by atoms with Crippen molar-refractivity contribution in [3.05, 3.63) is 41.3 Å². The van der Waals surface area contributed by atoms with E-state index in [4.69, 9.17) is 13.9 Å². The highest BCUT2D eigenvalue weighted by Crippen LogP contribution is 2.29. The predicted octanol–water partition coefficient (Wildman–Crippen LogP) is 3.10. The first-order valence-electron chi connectivity index (χ1n) is 10.0. The third-order valence-corrected chi connectivity index (χ3v) is 6.93. The van der Waals surface area contributed by atoms with Crippen molar-refractivity contribution in [2.75, 3.05) is 26.8 Å². The fourth-order valence-electron chi connectivity index (χ4n) is 3.32. The number of methoxy groups -OCH3 is 1. The minimum absolute atomic E-state index is 0.0277. The Kier molecular flexibility index (Phi) is 7.04. The smallest absolute Gasteiger partial charge is 0.287 e. The predicted molar refractivity (Wildman–Crippen MR) is 111 cm³/mol. The van der Waals surface area contributed by atoms with Crippen LogP contribution in [0.1, 0.15) is 48.1 Å². The van der Waals surface area contributed by atoms with Crippen molar-refractivity contribution in [1.29, 1.82) is 0 Å². The molecular formula is C21H28N2O6S. The van der Waals surface area contributed by atoms with Crippen molar-refractivity contribution in [2.24, 2.45) is 0 Å². The first-order chi connectivity index (χ1) is 14.4. The van der Waals surface area contributed by atoms with Crippen LogP contribution < -0.4 is 14.8 Å². The molecule has 30 heavy (non-hydrogen) atoms. The molecule has 0 spiro atoms. The molecule has 1 aliphatic heterocycles. The Bertz CT molecular complexity index is 993. The van der Waals surface area contributed by atoms with Crippen molar-refractivity contribution < 1.29 is 27.1 Å². The number of hydrogen-bond acceptors (Lipinski definition) is 6. The molecule has 8 nitrogen and oxygen atoms in total. The molecule has 0 aliphatic carbocycles. The number of rotatable bonds is 9. The van der Waals surface area contributed by atoms with Crippen molar-refractivity contribution >= 4 is 15.9 Å². The normalized spacial score (nSPS) is 14.6. The van der Waals surface area contributed by atoms with E-state index in [2.05, 4.69) is 5.32 Å². The summed E-state index contributed by atoms with van der Waals surface area (Å²) in [5.41, 5.74) is 0.817. The van der Waals surface area contributed by atoms with Gasteiger partial charge in [0.2, 0.25) is 10.0 Å². The minimum atomic E-state index is -3.64. The summed E-state index contributed by atoms with van der Waals surface area (Å²) in [5, 5.41) is 2.75. The molecule has 0 atom stereocenters. The summed E-state index contributed by atoms with van der Waals surface area (Å²) in [7, 11) is -2.08. The average molecular weight is 437 g/mol. The summed E-state index contributed by atoms with van der Waals surface area (Å²) in [6.07, 6.45) is 2.57. The number of ether oxygens (including phenoxy) is 2. The molecule has 1 aliphatic rings. The van der Waals surface area contributed by atoms with Gasteiger partial charge in [-0.25, -0.2) is 8.42 Å². The molecule has 9 heteroatoms. The number of nitrogens with zero attached hydrogens (tertiary/aromatic N) is 1. The van der Waals surface area contributed by atoms with E-state index in [1.807, 2.05) is 13.0 Å². The molecular weight excluding hydrogens is 408 g/mol. The van der Waals surface area contributed by atoms with E-state index in [0.717, 1.165) is 24.8 Å². The van der Waals surface area contributed by atoms with Gasteiger partial charge in [-0.15, -0.1) is 0 Å². The number of furan rings is 1. The van der Waals surface area contributed by atoms with Gasteiger partial charge < -0.3 is 19.2 Å². The Labute approximate surface area is 177 Å². The molecule has 1 saturated heterocycles. The third-order valence-electron chi connectivity index (χ3n) is 4.92. The number of nitrogens with one attached hydrogen (secondary N) is 1. The van der Waals surface area contributed by atoms with E-state index in [9.17, 15) is 13.2 Å². The number of carbonyl (C=O) groups is 1. The molecule has 1 amide bonds. The summed E-state index contributed by atoms with van der Waals surface area (Å²) < 4.78 is 43.4. The zero-order valence-corrected chi connectivity index (χ0v) is 18.4. The maximum Gasteiger partial charge on any atom is 0.287 e. The van der Waals surface area contributed by atoms with E-state index in [-0.39, 0.29) is 23.0 Å². The van der Waals surface area contributed by atoms with Gasteiger partial charge in [0.15, 0.2) is 17.3 Å². The molecule has 0 radical (unpaired) electrons. The van der Waals surface area contributed by atoms with Gasteiger partial charge in [0.1, 0.15) is 10.7 Å². The maximum absolute atomic E-state index is 12.8. The first kappa shape index (κ1) is 22.2. The zero-order valence-electron chi connectivity index (χ0n) is 17.6. The largest absolute Gasteiger partial charge is 0.493 e. The zero-order chi connectivity index (χ0) is 21.7. The summed E-state index contributed by atoms with van der Waals surface area (Å²) in [4.78, 5) is 12.6. The highest BCUT2D eigenvalue weighted by molar-refractivity contribution is 7.89. The Balaban J connectivity index is 1.68. The van der Waals surface area contributed by atoms with E-state index in [1.165, 1.54) is 10.4 Å². The van der Waals surface area contributed by atoms with Crippen LogP contribution in [0, 0.1) is 6.92 Å². The Morgan fingerprint density at radius 1 is 1.20 bits per heavy atom. The highest BCUT2D eigenvalue weighted by atomic mass is 32.2. The van der Waals surface area contributed by atoms with Crippen molar-refractivity contribution in [3.63, 3.8) is 0 Å². The molecule has 3 rings (SSSR count). The lowest BCUT2D eigenvalue weighted by atomic mass is 10.2. The highest BCUT2D eigenvalue weighted by Gasteiger charge is 2.31.